The van der Waals surface area contributed by atoms with Gasteiger partial charge >= 0.3 is 5.97 Å². The molecule has 1 atom stereocenters. The fourth-order valence-electron chi connectivity index (χ4n) is 1.23. The molecule has 0 aliphatic rings. The number of carbonyl (C=O) groups excluding carboxylic acids is 2. The predicted octanol–water partition coefficient (Wildman–Crippen LogP) is -1.23. The molecule has 0 aromatic rings. The van der Waals surface area contributed by atoms with Crippen LogP contribution in [0, 0.1) is 0 Å². The zero-order valence-electron chi connectivity index (χ0n) is 10.1. The quantitative estimate of drug-likeness (QED) is 0.520. The first-order chi connectivity index (χ1) is 7.92. The number of nitrogens with zero attached hydrogens (tertiary/aromatic N) is 1. The molecule has 0 radical (unpaired) electrons. The molecule has 2 amide bonds. The van der Waals surface area contributed by atoms with Crippen LogP contribution < -0.4 is 11.1 Å². The van der Waals surface area contributed by atoms with E-state index in [-0.39, 0.29) is 25.3 Å². The highest BCUT2D eigenvalue weighted by molar-refractivity contribution is 5.87. The summed E-state index contributed by atoms with van der Waals surface area (Å²) in [6, 6.07) is -0.879. The van der Waals surface area contributed by atoms with Crippen molar-refractivity contribution in [2.75, 3.05) is 20.1 Å². The third kappa shape index (κ3) is 5.86. The van der Waals surface area contributed by atoms with E-state index < -0.39 is 17.9 Å². The zero-order valence-corrected chi connectivity index (χ0v) is 10.1. The minimum Gasteiger partial charge on any atom is -0.481 e. The molecule has 7 heteroatoms. The molecule has 0 aromatic carbocycles. The van der Waals surface area contributed by atoms with E-state index in [1.165, 1.54) is 11.9 Å². The summed E-state index contributed by atoms with van der Waals surface area (Å²) >= 11 is 0. The molecule has 17 heavy (non-hydrogen) atoms. The van der Waals surface area contributed by atoms with Crippen molar-refractivity contribution in [3.05, 3.63) is 0 Å². The standard InChI is InChI=1S/C10H19N3O4/c1-3-13(6-8(14)12-2)10(17)7(11)4-5-9(15)16/h7H,3-6,11H2,1-2H3,(H,12,14)(H,15,16). The molecule has 0 fully saturated rings. The van der Waals surface area contributed by atoms with Gasteiger partial charge in [-0.2, -0.15) is 0 Å². The number of nitrogens with one attached hydrogen (secondary N) is 1. The number of likely N-dealkylation sites (N-methyl/N-ethyl adjacent to an activating group) is 2. The Labute approximate surface area is 100.0 Å². The Morgan fingerprint density at radius 1 is 1.41 bits per heavy atom. The smallest absolute Gasteiger partial charge is 0.303 e. The summed E-state index contributed by atoms with van der Waals surface area (Å²) in [6.45, 7) is 2.02. The van der Waals surface area contributed by atoms with Gasteiger partial charge < -0.3 is 21.1 Å². The molecule has 0 aliphatic carbocycles. The highest BCUT2D eigenvalue weighted by atomic mass is 16.4. The monoisotopic (exact) mass is 245 g/mol. The fraction of sp³-hybridized carbons (Fsp3) is 0.700. The first-order valence-corrected chi connectivity index (χ1v) is 5.39. The van der Waals surface area contributed by atoms with Gasteiger partial charge in [-0.3, -0.25) is 14.4 Å². The molecule has 98 valence electrons. The van der Waals surface area contributed by atoms with E-state index in [2.05, 4.69) is 5.32 Å². The lowest BCUT2D eigenvalue weighted by Crippen LogP contribution is -2.47. The number of rotatable bonds is 7. The van der Waals surface area contributed by atoms with E-state index in [0.717, 1.165) is 0 Å². The number of nitrogens with two attached hydrogens (primary N) is 1. The van der Waals surface area contributed by atoms with Crippen molar-refractivity contribution in [3.8, 4) is 0 Å². The number of carboxylic acids is 1. The van der Waals surface area contributed by atoms with Crippen LogP contribution in [0.4, 0.5) is 0 Å². The van der Waals surface area contributed by atoms with Crippen LogP contribution in [0.1, 0.15) is 19.8 Å². The van der Waals surface area contributed by atoms with E-state index in [9.17, 15) is 14.4 Å². The first kappa shape index (κ1) is 15.4. The predicted molar refractivity (Wildman–Crippen MR) is 61.2 cm³/mol. The van der Waals surface area contributed by atoms with Crippen LogP contribution in [0.5, 0.6) is 0 Å². The van der Waals surface area contributed by atoms with Gasteiger partial charge in [0.1, 0.15) is 0 Å². The van der Waals surface area contributed by atoms with Crippen molar-refractivity contribution in [3.63, 3.8) is 0 Å². The Morgan fingerprint density at radius 3 is 2.41 bits per heavy atom. The average molecular weight is 245 g/mol. The third-order valence-electron chi connectivity index (χ3n) is 2.29. The van der Waals surface area contributed by atoms with Crippen molar-refractivity contribution < 1.29 is 19.5 Å². The molecular weight excluding hydrogens is 226 g/mol. The Kier molecular flexibility index (Phi) is 6.88. The van der Waals surface area contributed by atoms with Crippen LogP contribution >= 0.6 is 0 Å². The number of hydrogen-bond acceptors (Lipinski definition) is 4. The summed E-state index contributed by atoms with van der Waals surface area (Å²) in [5.41, 5.74) is 5.57. The molecule has 0 bridgehead atoms. The average Bonchev–Trinajstić information content (AvgIpc) is 2.31. The summed E-state index contributed by atoms with van der Waals surface area (Å²) < 4.78 is 0. The molecule has 1 unspecified atom stereocenters. The van der Waals surface area contributed by atoms with Gasteiger partial charge in [0.25, 0.3) is 0 Å². The van der Waals surface area contributed by atoms with Crippen molar-refractivity contribution >= 4 is 17.8 Å². The summed E-state index contributed by atoms with van der Waals surface area (Å²) in [4.78, 5) is 34.5. The Balaban J connectivity index is 4.31. The minimum atomic E-state index is -0.998. The van der Waals surface area contributed by atoms with Crippen LogP contribution in [0.2, 0.25) is 0 Å². The molecule has 0 aromatic heterocycles. The number of amides is 2. The maximum Gasteiger partial charge on any atom is 0.303 e. The molecule has 0 saturated heterocycles. The second kappa shape index (κ2) is 7.61. The summed E-state index contributed by atoms with van der Waals surface area (Å²) in [5, 5.41) is 10.9. The van der Waals surface area contributed by atoms with Gasteiger partial charge in [0.2, 0.25) is 11.8 Å². The first-order valence-electron chi connectivity index (χ1n) is 5.39. The van der Waals surface area contributed by atoms with Gasteiger partial charge in [0, 0.05) is 20.0 Å². The fourth-order valence-corrected chi connectivity index (χ4v) is 1.23. The Hall–Kier alpha value is -1.63. The molecule has 0 heterocycles. The van der Waals surface area contributed by atoms with Gasteiger partial charge in [0.05, 0.1) is 12.6 Å². The van der Waals surface area contributed by atoms with Crippen molar-refractivity contribution in [2.24, 2.45) is 5.73 Å². The third-order valence-corrected chi connectivity index (χ3v) is 2.29. The van der Waals surface area contributed by atoms with Crippen LogP contribution in [-0.2, 0) is 14.4 Å². The summed E-state index contributed by atoms with van der Waals surface area (Å²) in [7, 11) is 1.48. The van der Waals surface area contributed by atoms with Gasteiger partial charge in [-0.25, -0.2) is 0 Å². The van der Waals surface area contributed by atoms with Crippen molar-refractivity contribution in [2.45, 2.75) is 25.8 Å². The molecule has 0 aliphatic heterocycles. The van der Waals surface area contributed by atoms with Crippen LogP contribution in [0.25, 0.3) is 0 Å². The summed E-state index contributed by atoms with van der Waals surface area (Å²) in [6.07, 6.45) is -0.0944. The summed E-state index contributed by atoms with van der Waals surface area (Å²) in [5.74, 6) is -1.69. The Bertz CT molecular complexity index is 293. The van der Waals surface area contributed by atoms with E-state index in [0.29, 0.717) is 6.54 Å². The second-order valence-electron chi connectivity index (χ2n) is 3.56. The normalized spacial score (nSPS) is 11.7. The molecule has 0 spiro atoms. The highest BCUT2D eigenvalue weighted by Gasteiger charge is 2.21. The highest BCUT2D eigenvalue weighted by Crippen LogP contribution is 2.00. The lowest BCUT2D eigenvalue weighted by Gasteiger charge is -2.23. The molecule has 0 saturated carbocycles. The zero-order chi connectivity index (χ0) is 13.4. The molecule has 7 nitrogen and oxygen atoms in total. The maximum absolute atomic E-state index is 11.8. The van der Waals surface area contributed by atoms with Gasteiger partial charge in [0.15, 0.2) is 0 Å². The Morgan fingerprint density at radius 2 is 2.00 bits per heavy atom. The SMILES string of the molecule is CCN(CC(=O)NC)C(=O)C(N)CCC(=O)O. The van der Waals surface area contributed by atoms with E-state index in [4.69, 9.17) is 10.8 Å². The molecule has 4 N–H and O–H groups in total. The minimum absolute atomic E-state index is 0.0629. The van der Waals surface area contributed by atoms with E-state index in [1.807, 2.05) is 0 Å². The number of carbonyl (C=O) groups is 3. The molecular formula is C10H19N3O4. The van der Waals surface area contributed by atoms with Crippen molar-refractivity contribution in [1.29, 1.82) is 0 Å². The van der Waals surface area contributed by atoms with E-state index >= 15 is 0 Å². The van der Waals surface area contributed by atoms with E-state index in [1.54, 1.807) is 6.92 Å². The largest absolute Gasteiger partial charge is 0.481 e. The van der Waals surface area contributed by atoms with Crippen molar-refractivity contribution in [1.82, 2.24) is 10.2 Å². The lowest BCUT2D eigenvalue weighted by molar-refractivity contribution is -0.139. The molecule has 0 rings (SSSR count). The second-order valence-corrected chi connectivity index (χ2v) is 3.56. The number of carboxylic acid groups (broad SMARTS) is 1. The maximum atomic E-state index is 11.8. The van der Waals surface area contributed by atoms with Gasteiger partial charge in [-0.15, -0.1) is 0 Å². The van der Waals surface area contributed by atoms with Gasteiger partial charge in [-0.05, 0) is 13.3 Å². The van der Waals surface area contributed by atoms with Crippen LogP contribution in [0.15, 0.2) is 0 Å². The number of aliphatic carboxylic acids is 1. The van der Waals surface area contributed by atoms with Crippen LogP contribution in [-0.4, -0.2) is 54.0 Å². The topological polar surface area (TPSA) is 113 Å². The lowest BCUT2D eigenvalue weighted by atomic mass is 10.1. The van der Waals surface area contributed by atoms with Crippen LogP contribution in [0.3, 0.4) is 0 Å². The number of hydrogen-bond donors (Lipinski definition) is 3. The van der Waals surface area contributed by atoms with Gasteiger partial charge in [-0.1, -0.05) is 0 Å².